The van der Waals surface area contributed by atoms with Gasteiger partial charge in [-0.15, -0.1) is 0 Å². The summed E-state index contributed by atoms with van der Waals surface area (Å²) in [4.78, 5) is 34.6. The summed E-state index contributed by atoms with van der Waals surface area (Å²) in [7, 11) is 1.33. The van der Waals surface area contributed by atoms with Gasteiger partial charge in [0.15, 0.2) is 0 Å². The Morgan fingerprint density at radius 3 is 2.48 bits per heavy atom. The first-order valence-electron chi connectivity index (χ1n) is 6.84. The fourth-order valence-electron chi connectivity index (χ4n) is 1.81. The number of ether oxygens (including phenoxy) is 1. The van der Waals surface area contributed by atoms with Gasteiger partial charge in [-0.2, -0.15) is 0 Å². The monoisotopic (exact) mass is 316 g/mol. The largest absolute Gasteiger partial charge is 0.472 e. The minimum atomic E-state index is -0.387. The molecule has 0 saturated heterocycles. The van der Waals surface area contributed by atoms with E-state index >= 15 is 0 Å². The average Bonchev–Trinajstić information content (AvgIpc) is 3.09. The number of methoxy groups -OCH3 is 1. The smallest absolute Gasteiger partial charge is 0.309 e. The van der Waals surface area contributed by atoms with Gasteiger partial charge in [-0.1, -0.05) is 12.1 Å². The molecule has 0 bridgehead atoms. The van der Waals surface area contributed by atoms with Crippen LogP contribution in [-0.4, -0.2) is 31.4 Å². The molecule has 0 radical (unpaired) electrons. The molecule has 0 aliphatic carbocycles. The first kappa shape index (κ1) is 16.3. The van der Waals surface area contributed by atoms with Crippen LogP contribution in [0.5, 0.6) is 0 Å². The average molecular weight is 316 g/mol. The number of esters is 1. The molecule has 2 amide bonds. The SMILES string of the molecule is COC(=O)Cc1ccc(NC(=O)CNC(=O)c2ccoc2)cc1. The second-order valence-corrected chi connectivity index (χ2v) is 4.69. The molecule has 0 aliphatic heterocycles. The van der Waals surface area contributed by atoms with Crippen molar-refractivity contribution in [3.63, 3.8) is 0 Å². The summed E-state index contributed by atoms with van der Waals surface area (Å²) in [5.41, 5.74) is 1.70. The third kappa shape index (κ3) is 4.99. The number of nitrogens with one attached hydrogen (secondary N) is 2. The molecular formula is C16H16N2O5. The number of hydrogen-bond donors (Lipinski definition) is 2. The number of carbonyl (C=O) groups excluding carboxylic acids is 3. The van der Waals surface area contributed by atoms with Crippen LogP contribution >= 0.6 is 0 Å². The van der Waals surface area contributed by atoms with Crippen molar-refractivity contribution in [3.05, 3.63) is 54.0 Å². The van der Waals surface area contributed by atoms with Crippen LogP contribution < -0.4 is 10.6 Å². The Morgan fingerprint density at radius 1 is 1.13 bits per heavy atom. The number of anilines is 1. The first-order chi connectivity index (χ1) is 11.1. The van der Waals surface area contributed by atoms with Crippen molar-refractivity contribution in [1.82, 2.24) is 5.32 Å². The van der Waals surface area contributed by atoms with E-state index in [1.54, 1.807) is 24.3 Å². The Morgan fingerprint density at radius 2 is 1.87 bits per heavy atom. The third-order valence-corrected chi connectivity index (χ3v) is 3.01. The van der Waals surface area contributed by atoms with Gasteiger partial charge in [0.05, 0.1) is 31.9 Å². The third-order valence-electron chi connectivity index (χ3n) is 3.01. The van der Waals surface area contributed by atoms with Crippen LogP contribution in [0.3, 0.4) is 0 Å². The molecular weight excluding hydrogens is 300 g/mol. The Bertz CT molecular complexity index is 677. The highest BCUT2D eigenvalue weighted by molar-refractivity contribution is 5.99. The van der Waals surface area contributed by atoms with Crippen LogP contribution in [-0.2, 0) is 20.7 Å². The van der Waals surface area contributed by atoms with E-state index in [1.807, 2.05) is 0 Å². The Balaban J connectivity index is 1.81. The van der Waals surface area contributed by atoms with Gasteiger partial charge in [-0.3, -0.25) is 14.4 Å². The molecule has 0 aliphatic rings. The molecule has 0 fully saturated rings. The lowest BCUT2D eigenvalue weighted by Crippen LogP contribution is -2.32. The first-order valence-corrected chi connectivity index (χ1v) is 6.84. The minimum absolute atomic E-state index is 0.159. The second-order valence-electron chi connectivity index (χ2n) is 4.69. The van der Waals surface area contributed by atoms with Gasteiger partial charge in [-0.25, -0.2) is 0 Å². The molecule has 2 N–H and O–H groups in total. The number of benzene rings is 1. The fraction of sp³-hybridized carbons (Fsp3) is 0.188. The van der Waals surface area contributed by atoms with Crippen molar-refractivity contribution in [3.8, 4) is 0 Å². The maximum Gasteiger partial charge on any atom is 0.309 e. The summed E-state index contributed by atoms with van der Waals surface area (Å²) in [6.45, 7) is -0.159. The Hall–Kier alpha value is -3.09. The van der Waals surface area contributed by atoms with E-state index in [-0.39, 0.29) is 30.7 Å². The molecule has 7 heteroatoms. The lowest BCUT2D eigenvalue weighted by molar-refractivity contribution is -0.139. The van der Waals surface area contributed by atoms with Crippen molar-refractivity contribution >= 4 is 23.5 Å². The quantitative estimate of drug-likeness (QED) is 0.784. The van der Waals surface area contributed by atoms with Gasteiger partial charge in [0.25, 0.3) is 5.91 Å². The molecule has 7 nitrogen and oxygen atoms in total. The molecule has 2 rings (SSSR count). The van der Waals surface area contributed by atoms with Crippen LogP contribution in [0.15, 0.2) is 47.3 Å². The zero-order valence-corrected chi connectivity index (χ0v) is 12.5. The van der Waals surface area contributed by atoms with Crippen LogP contribution in [0, 0.1) is 0 Å². The molecule has 2 aromatic rings. The van der Waals surface area contributed by atoms with Crippen molar-refractivity contribution in [1.29, 1.82) is 0 Å². The standard InChI is InChI=1S/C16H16N2O5/c1-22-15(20)8-11-2-4-13(5-3-11)18-14(19)9-17-16(21)12-6-7-23-10-12/h2-7,10H,8-9H2,1H3,(H,17,21)(H,18,19). The van der Waals surface area contributed by atoms with E-state index in [0.29, 0.717) is 11.3 Å². The van der Waals surface area contributed by atoms with E-state index in [2.05, 4.69) is 15.4 Å². The molecule has 120 valence electrons. The highest BCUT2D eigenvalue weighted by atomic mass is 16.5. The number of carbonyl (C=O) groups is 3. The molecule has 23 heavy (non-hydrogen) atoms. The summed E-state index contributed by atoms with van der Waals surface area (Å²) in [5.74, 6) is -1.08. The summed E-state index contributed by atoms with van der Waals surface area (Å²) in [5, 5.41) is 5.12. The minimum Gasteiger partial charge on any atom is -0.472 e. The normalized spacial score (nSPS) is 9.96. The Kier molecular flexibility index (Phi) is 5.51. The number of amides is 2. The summed E-state index contributed by atoms with van der Waals surface area (Å²) >= 11 is 0. The number of furan rings is 1. The lowest BCUT2D eigenvalue weighted by Gasteiger charge is -2.07. The van der Waals surface area contributed by atoms with Gasteiger partial charge in [0.1, 0.15) is 6.26 Å². The van der Waals surface area contributed by atoms with Crippen molar-refractivity contribution in [2.24, 2.45) is 0 Å². The van der Waals surface area contributed by atoms with E-state index < -0.39 is 0 Å². The van der Waals surface area contributed by atoms with E-state index in [0.717, 1.165) is 5.56 Å². The van der Waals surface area contributed by atoms with Crippen LogP contribution in [0.1, 0.15) is 15.9 Å². The van der Waals surface area contributed by atoms with Gasteiger partial charge >= 0.3 is 5.97 Å². The van der Waals surface area contributed by atoms with Crippen LogP contribution in [0.4, 0.5) is 5.69 Å². The Labute approximate surface area is 132 Å². The van der Waals surface area contributed by atoms with Gasteiger partial charge in [0.2, 0.25) is 5.91 Å². The zero-order valence-electron chi connectivity index (χ0n) is 12.5. The predicted molar refractivity (Wildman–Crippen MR) is 81.8 cm³/mol. The maximum atomic E-state index is 11.8. The highest BCUT2D eigenvalue weighted by Crippen LogP contribution is 2.10. The number of hydrogen-bond acceptors (Lipinski definition) is 5. The van der Waals surface area contributed by atoms with E-state index in [9.17, 15) is 14.4 Å². The second kappa shape index (κ2) is 7.79. The van der Waals surface area contributed by atoms with E-state index in [1.165, 1.54) is 25.7 Å². The van der Waals surface area contributed by atoms with Gasteiger partial charge in [0, 0.05) is 5.69 Å². The molecule has 0 atom stereocenters. The number of rotatable bonds is 6. The zero-order chi connectivity index (χ0) is 16.7. The highest BCUT2D eigenvalue weighted by Gasteiger charge is 2.09. The molecule has 0 saturated carbocycles. The van der Waals surface area contributed by atoms with Crippen molar-refractivity contribution in [2.45, 2.75) is 6.42 Å². The molecule has 1 aromatic heterocycles. The van der Waals surface area contributed by atoms with Crippen molar-refractivity contribution < 1.29 is 23.5 Å². The maximum absolute atomic E-state index is 11.8. The van der Waals surface area contributed by atoms with Gasteiger partial charge < -0.3 is 19.8 Å². The summed E-state index contributed by atoms with van der Waals surface area (Å²) in [6, 6.07) is 8.29. The van der Waals surface area contributed by atoms with Crippen molar-refractivity contribution in [2.75, 3.05) is 19.0 Å². The topological polar surface area (TPSA) is 97.6 Å². The summed E-state index contributed by atoms with van der Waals surface area (Å²) < 4.78 is 9.37. The van der Waals surface area contributed by atoms with Gasteiger partial charge in [-0.05, 0) is 23.8 Å². The fourth-order valence-corrected chi connectivity index (χ4v) is 1.81. The molecule has 1 aromatic carbocycles. The molecule has 1 heterocycles. The van der Waals surface area contributed by atoms with Crippen LogP contribution in [0.25, 0.3) is 0 Å². The lowest BCUT2D eigenvalue weighted by atomic mass is 10.1. The predicted octanol–water partition coefficient (Wildman–Crippen LogP) is 1.36. The molecule has 0 spiro atoms. The van der Waals surface area contributed by atoms with E-state index in [4.69, 9.17) is 4.42 Å². The van der Waals surface area contributed by atoms with Crippen LogP contribution in [0.2, 0.25) is 0 Å². The molecule has 0 unspecified atom stereocenters. The summed E-state index contributed by atoms with van der Waals surface area (Å²) in [6.07, 6.45) is 2.85.